The highest BCUT2D eigenvalue weighted by Gasteiger charge is 2.24. The number of hydrogen-bond donors (Lipinski definition) is 1. The molecule has 1 saturated heterocycles. The van der Waals surface area contributed by atoms with Gasteiger partial charge in [-0.15, -0.1) is 0 Å². The van der Waals surface area contributed by atoms with Crippen molar-refractivity contribution >= 4 is 21.8 Å². The van der Waals surface area contributed by atoms with Gasteiger partial charge in [0.25, 0.3) is 0 Å². The minimum Gasteiger partial charge on any atom is -0.496 e. The fraction of sp³-hybridized carbons (Fsp3) is 0.350. The first-order chi connectivity index (χ1) is 12.2. The zero-order valence-corrected chi connectivity index (χ0v) is 16.1. The summed E-state index contributed by atoms with van der Waals surface area (Å²) in [6.07, 6.45) is 0.496. The lowest BCUT2D eigenvalue weighted by atomic mass is 10.1. The first-order valence-electron chi connectivity index (χ1n) is 8.63. The van der Waals surface area contributed by atoms with E-state index in [2.05, 4.69) is 22.0 Å². The SMILES string of the molecule is COc1ccc(Br)cc1C[NH+]1CCN(C(=O)Cc2ccccc2)CC1. The van der Waals surface area contributed by atoms with Gasteiger partial charge in [0.05, 0.1) is 39.7 Å². The van der Waals surface area contributed by atoms with Crippen LogP contribution in [-0.4, -0.2) is 44.1 Å². The van der Waals surface area contributed by atoms with Gasteiger partial charge in [-0.2, -0.15) is 0 Å². The Bertz CT molecular complexity index is 713. The Kier molecular flexibility index (Phi) is 6.10. The fourth-order valence-electron chi connectivity index (χ4n) is 3.29. The van der Waals surface area contributed by atoms with Crippen molar-refractivity contribution in [3.63, 3.8) is 0 Å². The highest BCUT2D eigenvalue weighted by Crippen LogP contribution is 2.22. The molecule has 25 heavy (non-hydrogen) atoms. The summed E-state index contributed by atoms with van der Waals surface area (Å²) >= 11 is 3.53. The monoisotopic (exact) mass is 403 g/mol. The van der Waals surface area contributed by atoms with Crippen molar-refractivity contribution in [1.82, 2.24) is 4.90 Å². The summed E-state index contributed by atoms with van der Waals surface area (Å²) in [5.41, 5.74) is 2.29. The van der Waals surface area contributed by atoms with Crippen LogP contribution < -0.4 is 9.64 Å². The third-order valence-corrected chi connectivity index (χ3v) is 5.20. The van der Waals surface area contributed by atoms with Gasteiger partial charge >= 0.3 is 0 Å². The maximum atomic E-state index is 12.5. The number of methoxy groups -OCH3 is 1. The topological polar surface area (TPSA) is 34.0 Å². The van der Waals surface area contributed by atoms with Crippen molar-refractivity contribution < 1.29 is 14.4 Å². The molecule has 0 spiro atoms. The van der Waals surface area contributed by atoms with Gasteiger partial charge < -0.3 is 14.5 Å². The number of nitrogens with one attached hydrogen (secondary N) is 1. The predicted molar refractivity (Wildman–Crippen MR) is 102 cm³/mol. The number of halogens is 1. The second kappa shape index (κ2) is 8.50. The Morgan fingerprint density at radius 2 is 1.88 bits per heavy atom. The number of nitrogens with zero attached hydrogens (tertiary/aromatic N) is 1. The molecule has 4 nitrogen and oxygen atoms in total. The molecule has 1 aliphatic rings. The summed E-state index contributed by atoms with van der Waals surface area (Å²) in [5, 5.41) is 0. The molecule has 1 heterocycles. The van der Waals surface area contributed by atoms with Crippen molar-refractivity contribution in [1.29, 1.82) is 0 Å². The maximum absolute atomic E-state index is 12.5. The average molecular weight is 404 g/mol. The summed E-state index contributed by atoms with van der Waals surface area (Å²) in [6, 6.07) is 16.1. The summed E-state index contributed by atoms with van der Waals surface area (Å²) < 4.78 is 6.54. The number of carbonyl (C=O) groups excluding carboxylic acids is 1. The van der Waals surface area contributed by atoms with Crippen LogP contribution in [-0.2, 0) is 17.8 Å². The molecule has 1 aliphatic heterocycles. The molecule has 0 aliphatic carbocycles. The van der Waals surface area contributed by atoms with Crippen LogP contribution in [0.15, 0.2) is 53.0 Å². The lowest BCUT2D eigenvalue weighted by Gasteiger charge is -2.32. The first kappa shape index (κ1) is 18.0. The standard InChI is InChI=1S/C20H23BrN2O2/c1-25-19-8-7-18(21)14-17(19)15-22-9-11-23(12-10-22)20(24)13-16-5-3-2-4-6-16/h2-8,14H,9-13,15H2,1H3/p+1. The molecule has 2 aromatic carbocycles. The Hall–Kier alpha value is -1.85. The molecule has 1 N–H and O–H groups in total. The van der Waals surface area contributed by atoms with Crippen LogP contribution in [0, 0.1) is 0 Å². The van der Waals surface area contributed by atoms with Gasteiger partial charge in [-0.05, 0) is 23.8 Å². The maximum Gasteiger partial charge on any atom is 0.227 e. The van der Waals surface area contributed by atoms with E-state index < -0.39 is 0 Å². The normalized spacial score (nSPS) is 15.2. The van der Waals surface area contributed by atoms with E-state index in [1.54, 1.807) is 7.11 Å². The zero-order chi connectivity index (χ0) is 17.6. The van der Waals surface area contributed by atoms with E-state index in [0.29, 0.717) is 6.42 Å². The molecule has 132 valence electrons. The van der Waals surface area contributed by atoms with E-state index in [0.717, 1.165) is 48.5 Å². The molecule has 0 bridgehead atoms. The number of quaternary nitrogens is 1. The number of ether oxygens (including phenoxy) is 1. The molecule has 0 aromatic heterocycles. The Labute approximate surface area is 157 Å². The number of carbonyl (C=O) groups is 1. The lowest BCUT2D eigenvalue weighted by Crippen LogP contribution is -3.13. The van der Waals surface area contributed by atoms with Crippen molar-refractivity contribution in [2.75, 3.05) is 33.3 Å². The average Bonchev–Trinajstić information content (AvgIpc) is 2.63. The van der Waals surface area contributed by atoms with Crippen molar-refractivity contribution in [3.8, 4) is 5.75 Å². The van der Waals surface area contributed by atoms with Crippen LogP contribution in [0.3, 0.4) is 0 Å². The van der Waals surface area contributed by atoms with E-state index in [4.69, 9.17) is 4.74 Å². The van der Waals surface area contributed by atoms with Crippen LogP contribution in [0.2, 0.25) is 0 Å². The Morgan fingerprint density at radius 1 is 1.16 bits per heavy atom. The first-order valence-corrected chi connectivity index (χ1v) is 9.42. The molecule has 2 aromatic rings. The van der Waals surface area contributed by atoms with E-state index in [9.17, 15) is 4.79 Å². The number of rotatable bonds is 5. The van der Waals surface area contributed by atoms with E-state index in [1.807, 2.05) is 47.4 Å². The van der Waals surface area contributed by atoms with Crippen LogP contribution in [0.5, 0.6) is 5.75 Å². The van der Waals surface area contributed by atoms with Gasteiger partial charge in [0.15, 0.2) is 0 Å². The minimum absolute atomic E-state index is 0.227. The number of amides is 1. The smallest absolute Gasteiger partial charge is 0.227 e. The molecule has 0 atom stereocenters. The van der Waals surface area contributed by atoms with Crippen molar-refractivity contribution in [2.45, 2.75) is 13.0 Å². The third kappa shape index (κ3) is 4.83. The predicted octanol–water partition coefficient (Wildman–Crippen LogP) is 1.93. The highest BCUT2D eigenvalue weighted by atomic mass is 79.9. The summed E-state index contributed by atoms with van der Waals surface area (Å²) in [4.78, 5) is 15.9. The summed E-state index contributed by atoms with van der Waals surface area (Å²) in [7, 11) is 1.71. The molecule has 1 fully saturated rings. The fourth-order valence-corrected chi connectivity index (χ4v) is 3.69. The van der Waals surface area contributed by atoms with Crippen molar-refractivity contribution in [3.05, 3.63) is 64.1 Å². The largest absolute Gasteiger partial charge is 0.496 e. The lowest BCUT2D eigenvalue weighted by molar-refractivity contribution is -0.917. The second-order valence-corrected chi connectivity index (χ2v) is 7.34. The molecule has 0 saturated carbocycles. The Balaban J connectivity index is 1.53. The number of hydrogen-bond acceptors (Lipinski definition) is 2. The second-order valence-electron chi connectivity index (χ2n) is 6.43. The van der Waals surface area contributed by atoms with Gasteiger partial charge in [0, 0.05) is 10.0 Å². The Morgan fingerprint density at radius 3 is 2.56 bits per heavy atom. The quantitative estimate of drug-likeness (QED) is 0.827. The van der Waals surface area contributed by atoms with Gasteiger partial charge in [-0.3, -0.25) is 4.79 Å². The minimum atomic E-state index is 0.227. The van der Waals surface area contributed by atoms with E-state index in [1.165, 1.54) is 10.5 Å². The number of benzene rings is 2. The number of piperazine rings is 1. The van der Waals surface area contributed by atoms with Crippen molar-refractivity contribution in [2.24, 2.45) is 0 Å². The van der Waals surface area contributed by atoms with Crippen LogP contribution >= 0.6 is 15.9 Å². The van der Waals surface area contributed by atoms with Crippen LogP contribution in [0.4, 0.5) is 0 Å². The van der Waals surface area contributed by atoms with E-state index >= 15 is 0 Å². The zero-order valence-electron chi connectivity index (χ0n) is 14.5. The highest BCUT2D eigenvalue weighted by molar-refractivity contribution is 9.10. The molecule has 0 radical (unpaired) electrons. The molecule has 5 heteroatoms. The van der Waals surface area contributed by atoms with Gasteiger partial charge in [0.1, 0.15) is 12.3 Å². The third-order valence-electron chi connectivity index (χ3n) is 4.70. The molecular formula is C20H24BrN2O2+. The van der Waals surface area contributed by atoms with Crippen LogP contribution in [0.1, 0.15) is 11.1 Å². The molecular weight excluding hydrogens is 380 g/mol. The summed E-state index contributed by atoms with van der Waals surface area (Å²) in [5.74, 6) is 1.16. The van der Waals surface area contributed by atoms with Gasteiger partial charge in [-0.25, -0.2) is 0 Å². The van der Waals surface area contributed by atoms with E-state index in [-0.39, 0.29) is 5.91 Å². The summed E-state index contributed by atoms with van der Waals surface area (Å²) in [6.45, 7) is 4.49. The molecule has 0 unspecified atom stereocenters. The molecule has 1 amide bonds. The van der Waals surface area contributed by atoms with Gasteiger partial charge in [-0.1, -0.05) is 46.3 Å². The van der Waals surface area contributed by atoms with Crippen LogP contribution in [0.25, 0.3) is 0 Å². The van der Waals surface area contributed by atoms with Gasteiger partial charge in [0.2, 0.25) is 5.91 Å². The molecule has 3 rings (SSSR count).